The van der Waals surface area contributed by atoms with Crippen molar-refractivity contribution in [1.29, 1.82) is 0 Å². The number of guanidine groups is 1. The van der Waals surface area contributed by atoms with E-state index in [0.717, 1.165) is 57.3 Å². The molecule has 1 aliphatic rings. The number of benzene rings is 2. The van der Waals surface area contributed by atoms with Crippen LogP contribution < -0.4 is 15.4 Å². The van der Waals surface area contributed by atoms with E-state index < -0.39 is 0 Å². The third-order valence-electron chi connectivity index (χ3n) is 5.13. The summed E-state index contributed by atoms with van der Waals surface area (Å²) >= 11 is 0. The molecule has 5 nitrogen and oxygen atoms in total. The molecule has 0 amide bonds. The zero-order chi connectivity index (χ0) is 19.8. The molecule has 2 N–H and O–H groups in total. The summed E-state index contributed by atoms with van der Waals surface area (Å²) in [5.41, 5.74) is 5.27. The Kier molecular flexibility index (Phi) is 9.73. The molecule has 1 heterocycles. The number of nitrogens with zero attached hydrogens (tertiary/aromatic N) is 2. The number of hydrogen-bond donors (Lipinski definition) is 2. The third-order valence-corrected chi connectivity index (χ3v) is 5.13. The Morgan fingerprint density at radius 1 is 1.10 bits per heavy atom. The molecule has 0 spiro atoms. The Balaban J connectivity index is 0.00000300. The molecular weight excluding hydrogens is 475 g/mol. The molecule has 0 bridgehead atoms. The van der Waals surface area contributed by atoms with Gasteiger partial charge in [0.05, 0.1) is 6.61 Å². The lowest BCUT2D eigenvalue weighted by molar-refractivity contribution is 0.345. The van der Waals surface area contributed by atoms with Crippen LogP contribution in [0.4, 0.5) is 0 Å². The van der Waals surface area contributed by atoms with Gasteiger partial charge in [0.25, 0.3) is 0 Å². The Labute approximate surface area is 192 Å². The van der Waals surface area contributed by atoms with E-state index in [4.69, 9.17) is 4.74 Å². The number of nitrogens with one attached hydrogen (secondary N) is 2. The van der Waals surface area contributed by atoms with Gasteiger partial charge in [-0.3, -0.25) is 4.99 Å². The number of ether oxygens (including phenoxy) is 1. The van der Waals surface area contributed by atoms with Crippen LogP contribution in [-0.4, -0.2) is 44.7 Å². The SMILES string of the molecule is CCN(C)Cc1cccc(CNC(=NC)NCCc2ccc3c(c2)CCO3)c1.I. The molecule has 0 fully saturated rings. The van der Waals surface area contributed by atoms with Crippen molar-refractivity contribution < 1.29 is 4.74 Å². The van der Waals surface area contributed by atoms with Gasteiger partial charge in [-0.15, -0.1) is 24.0 Å². The fraction of sp³-hybridized carbons (Fsp3) is 0.435. The van der Waals surface area contributed by atoms with Crippen molar-refractivity contribution in [2.75, 3.05) is 33.8 Å². The summed E-state index contributed by atoms with van der Waals surface area (Å²) in [5.74, 6) is 1.88. The summed E-state index contributed by atoms with van der Waals surface area (Å²) < 4.78 is 5.58. The molecule has 2 aromatic rings. The smallest absolute Gasteiger partial charge is 0.191 e. The summed E-state index contributed by atoms with van der Waals surface area (Å²) in [5, 5.41) is 6.82. The molecule has 0 aliphatic carbocycles. The van der Waals surface area contributed by atoms with Crippen molar-refractivity contribution in [2.45, 2.75) is 32.9 Å². The third kappa shape index (κ3) is 7.19. The van der Waals surface area contributed by atoms with Gasteiger partial charge in [-0.05, 0) is 48.3 Å². The summed E-state index contributed by atoms with van der Waals surface area (Å²) in [6.45, 7) is 6.63. The predicted octanol–water partition coefficient (Wildman–Crippen LogP) is 3.60. The van der Waals surface area contributed by atoms with Gasteiger partial charge in [0.15, 0.2) is 5.96 Å². The number of fused-ring (bicyclic) bond motifs is 1. The van der Waals surface area contributed by atoms with Crippen LogP contribution in [0.2, 0.25) is 0 Å². The quantitative estimate of drug-likeness (QED) is 0.325. The van der Waals surface area contributed by atoms with E-state index in [0.29, 0.717) is 0 Å². The standard InChI is InChI=1S/C23H32N4O.HI/c1-4-27(3)17-20-7-5-6-19(14-20)16-26-23(24-2)25-12-10-18-8-9-22-21(15-18)11-13-28-22;/h5-9,14-15H,4,10-13,16-17H2,1-3H3,(H2,24,25,26);1H. The minimum absolute atomic E-state index is 0. The molecule has 29 heavy (non-hydrogen) atoms. The largest absolute Gasteiger partial charge is 0.493 e. The number of aliphatic imine (C=N–C) groups is 1. The van der Waals surface area contributed by atoms with Crippen molar-refractivity contribution in [3.8, 4) is 5.75 Å². The van der Waals surface area contributed by atoms with Gasteiger partial charge in [0.2, 0.25) is 0 Å². The highest BCUT2D eigenvalue weighted by Gasteiger charge is 2.11. The fourth-order valence-electron chi connectivity index (χ4n) is 3.39. The maximum absolute atomic E-state index is 5.58. The van der Waals surface area contributed by atoms with Gasteiger partial charge in [-0.2, -0.15) is 0 Å². The highest BCUT2D eigenvalue weighted by atomic mass is 127. The molecule has 0 radical (unpaired) electrons. The Bertz CT molecular complexity index is 809. The van der Waals surface area contributed by atoms with Gasteiger partial charge in [-0.1, -0.05) is 43.3 Å². The average molecular weight is 508 g/mol. The summed E-state index contributed by atoms with van der Waals surface area (Å²) in [6.07, 6.45) is 1.99. The van der Waals surface area contributed by atoms with Crippen LogP contribution in [-0.2, 0) is 25.9 Å². The van der Waals surface area contributed by atoms with E-state index in [2.05, 4.69) is 77.0 Å². The molecule has 6 heteroatoms. The first-order valence-corrected chi connectivity index (χ1v) is 10.1. The Morgan fingerprint density at radius 3 is 2.72 bits per heavy atom. The molecular formula is C23H33IN4O. The zero-order valence-corrected chi connectivity index (χ0v) is 20.0. The molecule has 0 unspecified atom stereocenters. The zero-order valence-electron chi connectivity index (χ0n) is 17.7. The average Bonchev–Trinajstić information content (AvgIpc) is 3.18. The van der Waals surface area contributed by atoms with Crippen LogP contribution in [0.15, 0.2) is 47.5 Å². The van der Waals surface area contributed by atoms with Crippen molar-refractivity contribution >= 4 is 29.9 Å². The maximum Gasteiger partial charge on any atom is 0.191 e. The Morgan fingerprint density at radius 2 is 1.93 bits per heavy atom. The molecule has 1 aliphatic heterocycles. The van der Waals surface area contributed by atoms with E-state index in [9.17, 15) is 0 Å². The fourth-order valence-corrected chi connectivity index (χ4v) is 3.39. The van der Waals surface area contributed by atoms with Gasteiger partial charge < -0.3 is 20.3 Å². The molecule has 0 aromatic heterocycles. The number of rotatable bonds is 8. The second-order valence-electron chi connectivity index (χ2n) is 7.29. The van der Waals surface area contributed by atoms with Crippen LogP contribution in [0.5, 0.6) is 5.75 Å². The first-order valence-electron chi connectivity index (χ1n) is 10.1. The minimum Gasteiger partial charge on any atom is -0.493 e. The van der Waals surface area contributed by atoms with E-state index in [1.54, 1.807) is 0 Å². The van der Waals surface area contributed by atoms with Gasteiger partial charge >= 0.3 is 0 Å². The van der Waals surface area contributed by atoms with E-state index in [1.165, 1.54) is 22.3 Å². The van der Waals surface area contributed by atoms with E-state index in [1.807, 2.05) is 7.05 Å². The van der Waals surface area contributed by atoms with Crippen molar-refractivity contribution in [3.63, 3.8) is 0 Å². The van der Waals surface area contributed by atoms with E-state index >= 15 is 0 Å². The van der Waals surface area contributed by atoms with Gasteiger partial charge in [0.1, 0.15) is 5.75 Å². The van der Waals surface area contributed by atoms with Crippen LogP contribution >= 0.6 is 24.0 Å². The number of halogens is 1. The molecule has 3 rings (SSSR count). The maximum atomic E-state index is 5.58. The monoisotopic (exact) mass is 508 g/mol. The molecule has 0 saturated heterocycles. The second kappa shape index (κ2) is 12.0. The lowest BCUT2D eigenvalue weighted by atomic mass is 10.1. The normalized spacial score (nSPS) is 12.9. The second-order valence-corrected chi connectivity index (χ2v) is 7.29. The van der Waals surface area contributed by atoms with Gasteiger partial charge in [-0.25, -0.2) is 0 Å². The highest BCUT2D eigenvalue weighted by Crippen LogP contribution is 2.25. The lowest BCUT2D eigenvalue weighted by Crippen LogP contribution is -2.37. The van der Waals surface area contributed by atoms with Crippen LogP contribution in [0, 0.1) is 0 Å². The lowest BCUT2D eigenvalue weighted by Gasteiger charge is -2.15. The van der Waals surface area contributed by atoms with Crippen LogP contribution in [0.25, 0.3) is 0 Å². The molecule has 2 aromatic carbocycles. The molecule has 0 atom stereocenters. The van der Waals surface area contributed by atoms with E-state index in [-0.39, 0.29) is 24.0 Å². The highest BCUT2D eigenvalue weighted by molar-refractivity contribution is 14.0. The number of hydrogen-bond acceptors (Lipinski definition) is 3. The summed E-state index contributed by atoms with van der Waals surface area (Å²) in [4.78, 5) is 6.65. The molecule has 0 saturated carbocycles. The first-order chi connectivity index (χ1) is 13.7. The summed E-state index contributed by atoms with van der Waals surface area (Å²) in [6, 6.07) is 15.2. The van der Waals surface area contributed by atoms with Gasteiger partial charge in [0, 0.05) is 33.1 Å². The van der Waals surface area contributed by atoms with Crippen LogP contribution in [0.3, 0.4) is 0 Å². The topological polar surface area (TPSA) is 48.9 Å². The summed E-state index contributed by atoms with van der Waals surface area (Å²) in [7, 11) is 3.96. The van der Waals surface area contributed by atoms with Crippen molar-refractivity contribution in [2.24, 2.45) is 4.99 Å². The first kappa shape index (κ1) is 23.5. The van der Waals surface area contributed by atoms with Crippen LogP contribution in [0.1, 0.15) is 29.2 Å². The molecule has 158 valence electrons. The predicted molar refractivity (Wildman–Crippen MR) is 131 cm³/mol. The van der Waals surface area contributed by atoms with Crippen molar-refractivity contribution in [1.82, 2.24) is 15.5 Å². The van der Waals surface area contributed by atoms with Crippen molar-refractivity contribution in [3.05, 3.63) is 64.7 Å². The minimum atomic E-state index is 0. The Hall–Kier alpha value is -1.80.